The smallest absolute Gasteiger partial charge is 0.262 e. The maximum Gasteiger partial charge on any atom is 0.262 e. The molecule has 152 valence electrons. The molecule has 4 aromatic rings. The number of halogens is 1. The first kappa shape index (κ1) is 20.1. The SMILES string of the molecule is CCc1ccc(-n2nc3cc(C)c(NC(=O)COc4ccc(Br)cc4)cc3n2)cc1. The summed E-state index contributed by atoms with van der Waals surface area (Å²) >= 11 is 3.37. The van der Waals surface area contributed by atoms with E-state index in [-0.39, 0.29) is 12.5 Å². The highest BCUT2D eigenvalue weighted by molar-refractivity contribution is 9.10. The molecule has 0 fully saturated rings. The van der Waals surface area contributed by atoms with Gasteiger partial charge in [-0.3, -0.25) is 4.79 Å². The van der Waals surface area contributed by atoms with Crippen LogP contribution < -0.4 is 10.1 Å². The van der Waals surface area contributed by atoms with Crippen LogP contribution in [0.15, 0.2) is 65.1 Å². The fourth-order valence-corrected chi connectivity index (χ4v) is 3.31. The van der Waals surface area contributed by atoms with Gasteiger partial charge in [-0.15, -0.1) is 10.2 Å². The second-order valence-electron chi connectivity index (χ2n) is 6.96. The predicted molar refractivity (Wildman–Crippen MR) is 121 cm³/mol. The average Bonchev–Trinajstić information content (AvgIpc) is 3.16. The lowest BCUT2D eigenvalue weighted by Crippen LogP contribution is -2.20. The van der Waals surface area contributed by atoms with Gasteiger partial charge in [0, 0.05) is 10.2 Å². The largest absolute Gasteiger partial charge is 0.484 e. The molecule has 30 heavy (non-hydrogen) atoms. The van der Waals surface area contributed by atoms with E-state index in [4.69, 9.17) is 4.74 Å². The number of hydrogen-bond donors (Lipinski definition) is 1. The van der Waals surface area contributed by atoms with Crippen LogP contribution in [-0.4, -0.2) is 27.5 Å². The molecule has 0 aliphatic carbocycles. The summed E-state index contributed by atoms with van der Waals surface area (Å²) in [4.78, 5) is 14.0. The minimum absolute atomic E-state index is 0.0738. The number of ether oxygens (including phenoxy) is 1. The van der Waals surface area contributed by atoms with Crippen molar-refractivity contribution in [1.29, 1.82) is 0 Å². The molecule has 1 aromatic heterocycles. The van der Waals surface area contributed by atoms with E-state index in [2.05, 4.69) is 50.5 Å². The molecule has 7 heteroatoms. The minimum Gasteiger partial charge on any atom is -0.484 e. The number of benzene rings is 3. The standard InChI is InChI=1S/C23H21BrN4O2/c1-3-16-4-8-18(9-5-16)28-26-21-12-15(2)20(13-22(21)27-28)25-23(29)14-30-19-10-6-17(24)7-11-19/h4-13H,3,14H2,1-2H3,(H,25,29). The zero-order valence-electron chi connectivity index (χ0n) is 16.7. The van der Waals surface area contributed by atoms with E-state index in [9.17, 15) is 4.79 Å². The number of anilines is 1. The molecule has 0 saturated heterocycles. The Labute approximate surface area is 183 Å². The topological polar surface area (TPSA) is 69.0 Å². The Kier molecular flexibility index (Phi) is 5.81. The summed E-state index contributed by atoms with van der Waals surface area (Å²) in [6, 6.07) is 19.3. The number of carbonyl (C=O) groups excluding carboxylic acids is 1. The van der Waals surface area contributed by atoms with Gasteiger partial charge < -0.3 is 10.1 Å². The molecule has 1 amide bonds. The van der Waals surface area contributed by atoms with Gasteiger partial charge in [-0.05, 0) is 73.0 Å². The lowest BCUT2D eigenvalue weighted by Gasteiger charge is -2.09. The van der Waals surface area contributed by atoms with Gasteiger partial charge in [0.15, 0.2) is 6.61 Å². The maximum absolute atomic E-state index is 12.3. The van der Waals surface area contributed by atoms with Crippen LogP contribution in [0.2, 0.25) is 0 Å². The van der Waals surface area contributed by atoms with E-state index in [1.807, 2.05) is 43.3 Å². The Hall–Kier alpha value is -3.19. The average molecular weight is 465 g/mol. The molecular weight excluding hydrogens is 444 g/mol. The van der Waals surface area contributed by atoms with E-state index < -0.39 is 0 Å². The molecule has 0 unspecified atom stereocenters. The summed E-state index contributed by atoms with van der Waals surface area (Å²) in [6.45, 7) is 3.98. The van der Waals surface area contributed by atoms with Crippen LogP contribution in [0.3, 0.4) is 0 Å². The maximum atomic E-state index is 12.3. The summed E-state index contributed by atoms with van der Waals surface area (Å²) in [7, 11) is 0. The zero-order valence-corrected chi connectivity index (χ0v) is 18.3. The van der Waals surface area contributed by atoms with Gasteiger partial charge in [0.25, 0.3) is 5.91 Å². The van der Waals surface area contributed by atoms with Gasteiger partial charge in [-0.25, -0.2) is 0 Å². The van der Waals surface area contributed by atoms with E-state index in [0.29, 0.717) is 17.0 Å². The number of carbonyl (C=O) groups is 1. The van der Waals surface area contributed by atoms with Crippen LogP contribution in [-0.2, 0) is 11.2 Å². The highest BCUT2D eigenvalue weighted by atomic mass is 79.9. The van der Waals surface area contributed by atoms with Gasteiger partial charge in [0.1, 0.15) is 16.8 Å². The van der Waals surface area contributed by atoms with Crippen LogP contribution in [0.4, 0.5) is 5.69 Å². The molecular formula is C23H21BrN4O2. The summed E-state index contributed by atoms with van der Waals surface area (Å²) in [5.41, 5.74) is 5.25. The van der Waals surface area contributed by atoms with Crippen LogP contribution in [0.5, 0.6) is 5.75 Å². The quantitative estimate of drug-likeness (QED) is 0.432. The first-order valence-corrected chi connectivity index (χ1v) is 10.5. The van der Waals surface area contributed by atoms with Gasteiger partial charge in [0.05, 0.1) is 5.69 Å². The zero-order chi connectivity index (χ0) is 21.1. The van der Waals surface area contributed by atoms with Gasteiger partial charge in [-0.2, -0.15) is 4.80 Å². The molecule has 0 bridgehead atoms. The first-order chi connectivity index (χ1) is 14.5. The first-order valence-electron chi connectivity index (χ1n) is 9.67. The molecule has 0 radical (unpaired) electrons. The van der Waals surface area contributed by atoms with Crippen LogP contribution in [0.1, 0.15) is 18.1 Å². The fourth-order valence-electron chi connectivity index (χ4n) is 3.05. The van der Waals surface area contributed by atoms with E-state index in [0.717, 1.165) is 27.7 Å². The molecule has 1 heterocycles. The molecule has 0 spiro atoms. The second kappa shape index (κ2) is 8.67. The number of rotatable bonds is 6. The number of aromatic nitrogens is 3. The Balaban J connectivity index is 1.49. The van der Waals surface area contributed by atoms with Crippen molar-refractivity contribution in [1.82, 2.24) is 15.0 Å². The Morgan fingerprint density at radius 1 is 1.03 bits per heavy atom. The number of hydrogen-bond acceptors (Lipinski definition) is 4. The second-order valence-corrected chi connectivity index (χ2v) is 7.87. The van der Waals surface area contributed by atoms with Crippen molar-refractivity contribution in [3.05, 3.63) is 76.3 Å². The fraction of sp³-hybridized carbons (Fsp3) is 0.174. The summed E-state index contributed by atoms with van der Waals surface area (Å²) in [6.07, 6.45) is 0.989. The number of fused-ring (bicyclic) bond motifs is 1. The summed E-state index contributed by atoms with van der Waals surface area (Å²) in [5, 5.41) is 12.0. The van der Waals surface area contributed by atoms with Crippen molar-refractivity contribution >= 4 is 38.6 Å². The van der Waals surface area contributed by atoms with Crippen molar-refractivity contribution in [3.63, 3.8) is 0 Å². The third-order valence-corrected chi connectivity index (χ3v) is 5.29. The Morgan fingerprint density at radius 3 is 2.37 bits per heavy atom. The molecule has 0 atom stereocenters. The molecule has 0 saturated carbocycles. The number of aryl methyl sites for hydroxylation is 2. The molecule has 0 aliphatic rings. The van der Waals surface area contributed by atoms with Crippen LogP contribution in [0, 0.1) is 6.92 Å². The van der Waals surface area contributed by atoms with Crippen molar-refractivity contribution in [2.75, 3.05) is 11.9 Å². The lowest BCUT2D eigenvalue weighted by atomic mass is 10.1. The predicted octanol–water partition coefficient (Wildman–Crippen LogP) is 5.07. The van der Waals surface area contributed by atoms with E-state index >= 15 is 0 Å². The molecule has 6 nitrogen and oxygen atoms in total. The summed E-state index contributed by atoms with van der Waals surface area (Å²) < 4.78 is 6.49. The third-order valence-electron chi connectivity index (χ3n) is 4.76. The van der Waals surface area contributed by atoms with Crippen molar-refractivity contribution in [3.8, 4) is 11.4 Å². The van der Waals surface area contributed by atoms with Gasteiger partial charge in [-0.1, -0.05) is 35.0 Å². The molecule has 1 N–H and O–H groups in total. The summed E-state index contributed by atoms with van der Waals surface area (Å²) in [5.74, 6) is 0.403. The Bertz CT molecular complexity index is 1180. The van der Waals surface area contributed by atoms with Crippen molar-refractivity contribution in [2.45, 2.75) is 20.3 Å². The normalized spacial score (nSPS) is 10.9. The minimum atomic E-state index is -0.233. The number of nitrogens with one attached hydrogen (secondary N) is 1. The highest BCUT2D eigenvalue weighted by Crippen LogP contribution is 2.22. The van der Waals surface area contributed by atoms with Crippen molar-refractivity contribution in [2.24, 2.45) is 0 Å². The molecule has 4 rings (SSSR count). The van der Waals surface area contributed by atoms with Gasteiger partial charge >= 0.3 is 0 Å². The van der Waals surface area contributed by atoms with Crippen LogP contribution in [0.25, 0.3) is 16.7 Å². The van der Waals surface area contributed by atoms with Crippen molar-refractivity contribution < 1.29 is 9.53 Å². The Morgan fingerprint density at radius 2 is 1.70 bits per heavy atom. The monoisotopic (exact) mass is 464 g/mol. The molecule has 3 aromatic carbocycles. The van der Waals surface area contributed by atoms with E-state index in [1.165, 1.54) is 5.56 Å². The third kappa shape index (κ3) is 4.52. The molecule has 0 aliphatic heterocycles. The van der Waals surface area contributed by atoms with Crippen LogP contribution >= 0.6 is 15.9 Å². The number of nitrogens with zero attached hydrogens (tertiary/aromatic N) is 3. The highest BCUT2D eigenvalue weighted by Gasteiger charge is 2.11. The lowest BCUT2D eigenvalue weighted by molar-refractivity contribution is -0.118. The number of amides is 1. The van der Waals surface area contributed by atoms with Gasteiger partial charge in [0.2, 0.25) is 0 Å². The van der Waals surface area contributed by atoms with E-state index in [1.54, 1.807) is 16.9 Å².